The van der Waals surface area contributed by atoms with E-state index in [1.165, 1.54) is 4.90 Å². The maximum absolute atomic E-state index is 12.3. The normalized spacial score (nSPS) is 14.2. The molecule has 7 nitrogen and oxygen atoms in total. The van der Waals surface area contributed by atoms with Crippen molar-refractivity contribution in [2.75, 3.05) is 19.6 Å². The molecule has 1 aliphatic heterocycles. The summed E-state index contributed by atoms with van der Waals surface area (Å²) in [4.78, 5) is 37.0. The van der Waals surface area contributed by atoms with E-state index in [4.69, 9.17) is 9.15 Å². The molecule has 1 N–H and O–H groups in total. The van der Waals surface area contributed by atoms with Gasteiger partial charge in [0, 0.05) is 19.2 Å². The van der Waals surface area contributed by atoms with Crippen molar-refractivity contribution in [3.8, 4) is 5.75 Å². The van der Waals surface area contributed by atoms with Crippen LogP contribution in [0.15, 0.2) is 51.9 Å². The van der Waals surface area contributed by atoms with Gasteiger partial charge in [0.1, 0.15) is 19.4 Å². The van der Waals surface area contributed by atoms with E-state index in [0.717, 1.165) is 17.9 Å². The fourth-order valence-electron chi connectivity index (χ4n) is 2.32. The third-order valence-electron chi connectivity index (χ3n) is 3.57. The van der Waals surface area contributed by atoms with Crippen LogP contribution in [0.2, 0.25) is 0 Å². The van der Waals surface area contributed by atoms with Gasteiger partial charge < -0.3 is 19.4 Å². The Morgan fingerprint density at radius 2 is 2.04 bits per heavy atom. The molecule has 7 heteroatoms. The van der Waals surface area contributed by atoms with Crippen LogP contribution >= 0.6 is 0 Å². The Morgan fingerprint density at radius 1 is 1.25 bits per heavy atom. The van der Waals surface area contributed by atoms with E-state index >= 15 is 0 Å². The molecule has 0 saturated carbocycles. The third kappa shape index (κ3) is 3.62. The van der Waals surface area contributed by atoms with Gasteiger partial charge in [0.25, 0.3) is 5.91 Å². The zero-order valence-corrected chi connectivity index (χ0v) is 12.9. The summed E-state index contributed by atoms with van der Waals surface area (Å²) >= 11 is 0. The second-order valence-corrected chi connectivity index (χ2v) is 5.32. The molecule has 2 aromatic rings. The van der Waals surface area contributed by atoms with Crippen LogP contribution in [0.5, 0.6) is 5.75 Å². The van der Waals surface area contributed by atoms with Crippen molar-refractivity contribution in [3.05, 3.63) is 64.2 Å². The molecule has 2 heterocycles. The van der Waals surface area contributed by atoms with Gasteiger partial charge in [-0.15, -0.1) is 0 Å². The van der Waals surface area contributed by atoms with E-state index in [1.807, 2.05) is 30.3 Å². The zero-order valence-electron chi connectivity index (χ0n) is 12.9. The number of carbonyl (C=O) groups is 2. The topological polar surface area (TPSA) is 88.9 Å². The number of amides is 2. The van der Waals surface area contributed by atoms with Crippen LogP contribution in [0.1, 0.15) is 16.1 Å². The van der Waals surface area contributed by atoms with E-state index in [9.17, 15) is 14.4 Å². The number of hydrogen-bond acceptors (Lipinski definition) is 5. The highest BCUT2D eigenvalue weighted by molar-refractivity contribution is 5.94. The Hall–Kier alpha value is -3.09. The van der Waals surface area contributed by atoms with Crippen LogP contribution in [0, 0.1) is 0 Å². The van der Waals surface area contributed by atoms with Gasteiger partial charge in [-0.1, -0.05) is 30.3 Å². The van der Waals surface area contributed by atoms with E-state index < -0.39 is 11.3 Å². The van der Waals surface area contributed by atoms with Crippen molar-refractivity contribution in [2.24, 2.45) is 0 Å². The first kappa shape index (κ1) is 15.8. The molecule has 1 aromatic heterocycles. The molecule has 0 spiro atoms. The largest absolute Gasteiger partial charge is 0.482 e. The molecule has 1 aromatic carbocycles. The molecule has 2 amide bonds. The molecule has 0 aliphatic carbocycles. The fourth-order valence-corrected chi connectivity index (χ4v) is 2.32. The highest BCUT2D eigenvalue weighted by atomic mass is 16.5. The molecule has 0 radical (unpaired) electrons. The van der Waals surface area contributed by atoms with Crippen LogP contribution in [-0.4, -0.2) is 36.3 Å². The molecule has 24 heavy (non-hydrogen) atoms. The fraction of sp³-hybridized carbons (Fsp3) is 0.235. The minimum absolute atomic E-state index is 0.0341. The third-order valence-corrected chi connectivity index (χ3v) is 3.57. The van der Waals surface area contributed by atoms with Gasteiger partial charge in [-0.2, -0.15) is 0 Å². The first-order valence-corrected chi connectivity index (χ1v) is 7.49. The summed E-state index contributed by atoms with van der Waals surface area (Å²) in [5.41, 5.74) is 0.471. The standard InChI is InChI=1S/C17H16N2O5/c20-13-8-14(17(22)19-7-6-18-16(21)9-19)24-11-15(13)23-10-12-4-2-1-3-5-12/h1-5,8,11H,6-7,9-10H2,(H,18,21). The maximum atomic E-state index is 12.3. The Kier molecular flexibility index (Phi) is 4.60. The number of piperazine rings is 1. The highest BCUT2D eigenvalue weighted by Crippen LogP contribution is 2.11. The number of benzene rings is 1. The average molecular weight is 328 g/mol. The molecule has 3 rings (SSSR count). The summed E-state index contributed by atoms with van der Waals surface area (Å²) in [6, 6.07) is 10.5. The lowest BCUT2D eigenvalue weighted by atomic mass is 10.2. The Morgan fingerprint density at radius 3 is 2.75 bits per heavy atom. The van der Waals surface area contributed by atoms with Gasteiger partial charge in [-0.3, -0.25) is 14.4 Å². The van der Waals surface area contributed by atoms with Crippen LogP contribution in [0.25, 0.3) is 0 Å². The minimum atomic E-state index is -0.489. The van der Waals surface area contributed by atoms with Crippen LogP contribution in [-0.2, 0) is 11.4 Å². The van der Waals surface area contributed by atoms with E-state index in [2.05, 4.69) is 5.32 Å². The quantitative estimate of drug-likeness (QED) is 0.896. The minimum Gasteiger partial charge on any atom is -0.482 e. The lowest BCUT2D eigenvalue weighted by Gasteiger charge is -2.25. The van der Waals surface area contributed by atoms with Crippen LogP contribution in [0.4, 0.5) is 0 Å². The number of nitrogens with one attached hydrogen (secondary N) is 1. The van der Waals surface area contributed by atoms with E-state index in [0.29, 0.717) is 13.1 Å². The van der Waals surface area contributed by atoms with Crippen molar-refractivity contribution in [1.29, 1.82) is 0 Å². The highest BCUT2D eigenvalue weighted by Gasteiger charge is 2.24. The molecule has 124 valence electrons. The molecular weight excluding hydrogens is 312 g/mol. The molecule has 0 unspecified atom stereocenters. The van der Waals surface area contributed by atoms with Crippen molar-refractivity contribution < 1.29 is 18.7 Å². The zero-order chi connectivity index (χ0) is 16.9. The lowest BCUT2D eigenvalue weighted by molar-refractivity contribution is -0.123. The van der Waals surface area contributed by atoms with Crippen LogP contribution in [0.3, 0.4) is 0 Å². The molecular formula is C17H16N2O5. The number of hydrogen-bond donors (Lipinski definition) is 1. The van der Waals surface area contributed by atoms with Crippen molar-refractivity contribution in [3.63, 3.8) is 0 Å². The summed E-state index contributed by atoms with van der Waals surface area (Å²) in [5, 5.41) is 2.63. The number of carbonyl (C=O) groups excluding carboxylic acids is 2. The maximum Gasteiger partial charge on any atom is 0.290 e. The second kappa shape index (κ2) is 6.99. The van der Waals surface area contributed by atoms with Gasteiger partial charge in [-0.05, 0) is 5.56 Å². The predicted octanol–water partition coefficient (Wildman–Crippen LogP) is 0.791. The summed E-state index contributed by atoms with van der Waals surface area (Å²) in [7, 11) is 0. The number of nitrogens with zero attached hydrogens (tertiary/aromatic N) is 1. The van der Waals surface area contributed by atoms with Crippen molar-refractivity contribution in [1.82, 2.24) is 10.2 Å². The summed E-state index contributed by atoms with van der Waals surface area (Å²) in [5.74, 6) is -0.801. The smallest absolute Gasteiger partial charge is 0.290 e. The van der Waals surface area contributed by atoms with Crippen molar-refractivity contribution >= 4 is 11.8 Å². The van der Waals surface area contributed by atoms with Gasteiger partial charge in [0.2, 0.25) is 17.1 Å². The van der Waals surface area contributed by atoms with E-state index in [-0.39, 0.29) is 30.6 Å². The van der Waals surface area contributed by atoms with Gasteiger partial charge >= 0.3 is 0 Å². The van der Waals surface area contributed by atoms with Crippen molar-refractivity contribution in [2.45, 2.75) is 6.61 Å². The van der Waals surface area contributed by atoms with Gasteiger partial charge in [0.15, 0.2) is 5.76 Å². The molecule has 1 saturated heterocycles. The predicted molar refractivity (Wildman–Crippen MR) is 84.7 cm³/mol. The SMILES string of the molecule is O=C1CN(C(=O)c2cc(=O)c(OCc3ccccc3)co2)CCN1. The molecule has 1 aliphatic rings. The lowest BCUT2D eigenvalue weighted by Crippen LogP contribution is -2.50. The molecule has 0 bridgehead atoms. The molecule has 0 atom stereocenters. The summed E-state index contributed by atoms with van der Waals surface area (Å²) in [6.07, 6.45) is 1.13. The van der Waals surface area contributed by atoms with Gasteiger partial charge in [-0.25, -0.2) is 0 Å². The van der Waals surface area contributed by atoms with Gasteiger partial charge in [0.05, 0.1) is 0 Å². The first-order valence-electron chi connectivity index (χ1n) is 7.49. The Labute approximate surface area is 137 Å². The number of ether oxygens (including phenoxy) is 1. The Balaban J connectivity index is 1.69. The van der Waals surface area contributed by atoms with E-state index in [1.54, 1.807) is 0 Å². The Bertz CT molecular complexity index is 800. The number of rotatable bonds is 4. The molecule has 1 fully saturated rings. The first-order chi connectivity index (χ1) is 11.6. The summed E-state index contributed by atoms with van der Waals surface area (Å²) in [6.45, 7) is 0.938. The van der Waals surface area contributed by atoms with Crippen LogP contribution < -0.4 is 15.5 Å². The average Bonchev–Trinajstić information content (AvgIpc) is 2.61. The second-order valence-electron chi connectivity index (χ2n) is 5.32. The summed E-state index contributed by atoms with van der Waals surface area (Å²) < 4.78 is 10.7. The monoisotopic (exact) mass is 328 g/mol.